The number of rotatable bonds is 4. The minimum Gasteiger partial charge on any atom is -0.497 e. The summed E-state index contributed by atoms with van der Waals surface area (Å²) in [6.07, 6.45) is 0.699. The molecule has 1 atom stereocenters. The molecule has 1 aliphatic heterocycles. The number of nitrogens with zero attached hydrogens (tertiary/aromatic N) is 4. The topological polar surface area (TPSA) is 75.2 Å². The van der Waals surface area contributed by atoms with E-state index in [2.05, 4.69) is 15.2 Å². The highest BCUT2D eigenvalue weighted by Crippen LogP contribution is 2.29. The summed E-state index contributed by atoms with van der Waals surface area (Å²) >= 11 is 0. The predicted octanol–water partition coefficient (Wildman–Crippen LogP) is 2.78. The van der Waals surface area contributed by atoms with Crippen LogP contribution in [0, 0.1) is 0 Å². The zero-order valence-electron chi connectivity index (χ0n) is 13.6. The van der Waals surface area contributed by atoms with E-state index < -0.39 is 0 Å². The monoisotopic (exact) mass is 326 g/mol. The zero-order valence-corrected chi connectivity index (χ0v) is 13.6. The smallest absolute Gasteiger partial charge is 0.278 e. The van der Waals surface area contributed by atoms with Crippen molar-refractivity contribution in [2.75, 3.05) is 7.11 Å². The standard InChI is InChI=1S/C17H18N4O3/c1-3-16-18-17(24-20-16)14-8-12-10-23-15(9-21(12)19-14)11-4-6-13(22-2)7-5-11/h4-8,15H,3,9-10H2,1-2H3. The van der Waals surface area contributed by atoms with Crippen LogP contribution < -0.4 is 4.74 Å². The largest absolute Gasteiger partial charge is 0.497 e. The number of benzene rings is 1. The molecular weight excluding hydrogens is 308 g/mol. The first-order valence-corrected chi connectivity index (χ1v) is 7.92. The number of ether oxygens (including phenoxy) is 2. The van der Waals surface area contributed by atoms with Gasteiger partial charge >= 0.3 is 0 Å². The van der Waals surface area contributed by atoms with Gasteiger partial charge in [-0.1, -0.05) is 24.2 Å². The Morgan fingerprint density at radius 3 is 2.83 bits per heavy atom. The lowest BCUT2D eigenvalue weighted by Crippen LogP contribution is -2.21. The van der Waals surface area contributed by atoms with Gasteiger partial charge in [-0.15, -0.1) is 0 Å². The fourth-order valence-corrected chi connectivity index (χ4v) is 2.75. The van der Waals surface area contributed by atoms with E-state index in [4.69, 9.17) is 14.0 Å². The molecule has 3 heterocycles. The number of methoxy groups -OCH3 is 1. The number of aryl methyl sites for hydroxylation is 1. The number of fused-ring (bicyclic) bond motifs is 1. The van der Waals surface area contributed by atoms with Gasteiger partial charge in [-0.25, -0.2) is 0 Å². The molecule has 0 bridgehead atoms. The Bertz CT molecular complexity index is 838. The molecule has 1 unspecified atom stereocenters. The van der Waals surface area contributed by atoms with E-state index in [1.165, 1.54) is 0 Å². The van der Waals surface area contributed by atoms with E-state index in [0.717, 1.165) is 23.4 Å². The summed E-state index contributed by atoms with van der Waals surface area (Å²) < 4.78 is 18.4. The van der Waals surface area contributed by atoms with Gasteiger partial charge in [0, 0.05) is 6.42 Å². The van der Waals surface area contributed by atoms with Gasteiger partial charge in [0.1, 0.15) is 11.9 Å². The van der Waals surface area contributed by atoms with Crippen molar-refractivity contribution in [1.82, 2.24) is 19.9 Å². The molecule has 4 rings (SSSR count). The SMILES string of the molecule is CCc1noc(-c2cc3n(n2)CC(c2ccc(OC)cc2)OC3)n1. The van der Waals surface area contributed by atoms with Gasteiger partial charge in [0.2, 0.25) is 0 Å². The Labute approximate surface area is 139 Å². The van der Waals surface area contributed by atoms with E-state index in [1.807, 2.05) is 41.9 Å². The lowest BCUT2D eigenvalue weighted by Gasteiger charge is -2.24. The van der Waals surface area contributed by atoms with Crippen molar-refractivity contribution in [3.63, 3.8) is 0 Å². The number of hydrogen-bond acceptors (Lipinski definition) is 6. The van der Waals surface area contributed by atoms with Crippen LogP contribution >= 0.6 is 0 Å². The van der Waals surface area contributed by atoms with Crippen LogP contribution in [0.25, 0.3) is 11.6 Å². The summed E-state index contributed by atoms with van der Waals surface area (Å²) in [5.74, 6) is 1.97. The second-order valence-corrected chi connectivity index (χ2v) is 5.65. The van der Waals surface area contributed by atoms with Crippen LogP contribution in [0.15, 0.2) is 34.9 Å². The van der Waals surface area contributed by atoms with Crippen molar-refractivity contribution in [1.29, 1.82) is 0 Å². The summed E-state index contributed by atoms with van der Waals surface area (Å²) in [7, 11) is 1.66. The van der Waals surface area contributed by atoms with Gasteiger partial charge in [-0.05, 0) is 23.8 Å². The van der Waals surface area contributed by atoms with Crippen LogP contribution in [-0.2, 0) is 24.3 Å². The molecule has 1 aliphatic rings. The first-order chi connectivity index (χ1) is 11.8. The molecule has 0 saturated heterocycles. The molecule has 124 valence electrons. The maximum Gasteiger partial charge on any atom is 0.278 e. The molecule has 0 aliphatic carbocycles. The Kier molecular flexibility index (Phi) is 3.78. The molecule has 2 aromatic heterocycles. The van der Waals surface area contributed by atoms with Crippen LogP contribution in [0.2, 0.25) is 0 Å². The van der Waals surface area contributed by atoms with Gasteiger partial charge in [-0.2, -0.15) is 10.1 Å². The maximum atomic E-state index is 5.97. The van der Waals surface area contributed by atoms with E-state index in [1.54, 1.807) is 7.11 Å². The maximum absolute atomic E-state index is 5.97. The zero-order chi connectivity index (χ0) is 16.5. The molecule has 0 saturated carbocycles. The fourth-order valence-electron chi connectivity index (χ4n) is 2.75. The molecular formula is C17H18N4O3. The van der Waals surface area contributed by atoms with Crippen LogP contribution in [-0.4, -0.2) is 27.0 Å². The van der Waals surface area contributed by atoms with Crippen molar-refractivity contribution < 1.29 is 14.0 Å². The highest BCUT2D eigenvalue weighted by atomic mass is 16.5. The molecule has 0 amide bonds. The van der Waals surface area contributed by atoms with Gasteiger partial charge < -0.3 is 14.0 Å². The first-order valence-electron chi connectivity index (χ1n) is 7.92. The second-order valence-electron chi connectivity index (χ2n) is 5.65. The number of hydrogen-bond donors (Lipinski definition) is 0. The van der Waals surface area contributed by atoms with Crippen molar-refractivity contribution in [2.45, 2.75) is 32.6 Å². The van der Waals surface area contributed by atoms with E-state index in [-0.39, 0.29) is 6.10 Å². The van der Waals surface area contributed by atoms with Crippen molar-refractivity contribution in [3.8, 4) is 17.3 Å². The lowest BCUT2D eigenvalue weighted by molar-refractivity contribution is -0.00115. The molecule has 0 fully saturated rings. The quantitative estimate of drug-likeness (QED) is 0.734. The van der Waals surface area contributed by atoms with Crippen LogP contribution in [0.5, 0.6) is 5.75 Å². The third kappa shape index (κ3) is 2.67. The van der Waals surface area contributed by atoms with Gasteiger partial charge in [0.05, 0.1) is 26.0 Å². The summed E-state index contributed by atoms with van der Waals surface area (Å²) in [6, 6.07) is 9.85. The molecule has 0 radical (unpaired) electrons. The Hall–Kier alpha value is -2.67. The Balaban J connectivity index is 1.56. The van der Waals surface area contributed by atoms with Crippen LogP contribution in [0.3, 0.4) is 0 Å². The van der Waals surface area contributed by atoms with E-state index in [0.29, 0.717) is 30.6 Å². The van der Waals surface area contributed by atoms with Crippen molar-refractivity contribution in [3.05, 3.63) is 47.4 Å². The Morgan fingerprint density at radius 1 is 1.29 bits per heavy atom. The average molecular weight is 326 g/mol. The normalized spacial score (nSPS) is 16.8. The second kappa shape index (κ2) is 6.09. The summed E-state index contributed by atoms with van der Waals surface area (Å²) in [4.78, 5) is 4.33. The van der Waals surface area contributed by atoms with Crippen LogP contribution in [0.1, 0.15) is 30.1 Å². The minimum atomic E-state index is -0.0370. The predicted molar refractivity (Wildman–Crippen MR) is 85.4 cm³/mol. The Morgan fingerprint density at radius 2 is 2.12 bits per heavy atom. The fraction of sp³-hybridized carbons (Fsp3) is 0.353. The van der Waals surface area contributed by atoms with Crippen LogP contribution in [0.4, 0.5) is 0 Å². The van der Waals surface area contributed by atoms with E-state index in [9.17, 15) is 0 Å². The molecule has 24 heavy (non-hydrogen) atoms. The van der Waals surface area contributed by atoms with E-state index >= 15 is 0 Å². The molecule has 3 aromatic rings. The molecule has 7 nitrogen and oxygen atoms in total. The first kappa shape index (κ1) is 14.9. The highest BCUT2D eigenvalue weighted by Gasteiger charge is 2.24. The van der Waals surface area contributed by atoms with Crippen molar-refractivity contribution in [2.24, 2.45) is 0 Å². The molecule has 0 spiro atoms. The highest BCUT2D eigenvalue weighted by molar-refractivity contribution is 5.47. The molecule has 7 heteroatoms. The summed E-state index contributed by atoms with van der Waals surface area (Å²) in [6.45, 7) is 3.13. The lowest BCUT2D eigenvalue weighted by atomic mass is 10.1. The number of aromatic nitrogens is 4. The van der Waals surface area contributed by atoms with Crippen molar-refractivity contribution >= 4 is 0 Å². The van der Waals surface area contributed by atoms with Gasteiger partial charge in [-0.3, -0.25) is 4.68 Å². The van der Waals surface area contributed by atoms with Gasteiger partial charge in [0.25, 0.3) is 5.89 Å². The van der Waals surface area contributed by atoms with Gasteiger partial charge in [0.15, 0.2) is 11.5 Å². The average Bonchev–Trinajstić information content (AvgIpc) is 3.27. The molecule has 1 aromatic carbocycles. The third-order valence-electron chi connectivity index (χ3n) is 4.13. The molecule has 0 N–H and O–H groups in total. The summed E-state index contributed by atoms with van der Waals surface area (Å²) in [5.41, 5.74) is 2.80. The third-order valence-corrected chi connectivity index (χ3v) is 4.13. The minimum absolute atomic E-state index is 0.0370. The summed E-state index contributed by atoms with van der Waals surface area (Å²) in [5, 5.41) is 8.51.